The molecule has 3 heterocycles. The van der Waals surface area contributed by atoms with Crippen LogP contribution in [0.25, 0.3) is 0 Å². The fourth-order valence-corrected chi connectivity index (χ4v) is 3.03. The molecular formula is C17H21N5O. The van der Waals surface area contributed by atoms with E-state index in [0.29, 0.717) is 11.5 Å². The number of pyridine rings is 1. The van der Waals surface area contributed by atoms with E-state index in [1.165, 1.54) is 0 Å². The van der Waals surface area contributed by atoms with Crippen molar-refractivity contribution < 1.29 is 4.74 Å². The molecule has 1 fully saturated rings. The number of hydrogen-bond acceptors (Lipinski definition) is 5. The zero-order chi connectivity index (χ0) is 16.2. The summed E-state index contributed by atoms with van der Waals surface area (Å²) in [6, 6.07) is 4.10. The molecule has 2 aromatic rings. The van der Waals surface area contributed by atoms with E-state index in [0.717, 1.165) is 43.2 Å². The minimum absolute atomic E-state index is 0.00952. The monoisotopic (exact) mass is 311 g/mol. The van der Waals surface area contributed by atoms with Crippen molar-refractivity contribution in [2.24, 2.45) is 13.0 Å². The maximum absolute atomic E-state index is 9.22. The quantitative estimate of drug-likeness (QED) is 0.939. The highest BCUT2D eigenvalue weighted by molar-refractivity contribution is 5.56. The number of imidazole rings is 1. The second-order valence-corrected chi connectivity index (χ2v) is 5.95. The number of ether oxygens (including phenoxy) is 1. The van der Waals surface area contributed by atoms with Crippen molar-refractivity contribution in [1.29, 1.82) is 5.26 Å². The standard InChI is InChI=1S/C17H21N5O/c1-12-8-15(14(9-18)11-20-12)21-10-13-4-3-7-23-16(13)17-19-5-6-22(17)2/h5-6,8,11,13,16H,3-4,7,10H2,1-2H3,(H,20,21)/t13-,16+/m0/s1. The first-order valence-corrected chi connectivity index (χ1v) is 7.88. The van der Waals surface area contributed by atoms with E-state index in [-0.39, 0.29) is 6.10 Å². The highest BCUT2D eigenvalue weighted by Gasteiger charge is 2.30. The summed E-state index contributed by atoms with van der Waals surface area (Å²) in [6.45, 7) is 3.44. The smallest absolute Gasteiger partial charge is 0.138 e. The summed E-state index contributed by atoms with van der Waals surface area (Å²) in [4.78, 5) is 8.61. The number of aromatic nitrogens is 3. The van der Waals surface area contributed by atoms with Crippen LogP contribution in [0.1, 0.15) is 36.0 Å². The van der Waals surface area contributed by atoms with Gasteiger partial charge in [-0.1, -0.05) is 0 Å². The van der Waals surface area contributed by atoms with Crippen molar-refractivity contribution in [1.82, 2.24) is 14.5 Å². The second kappa shape index (κ2) is 6.80. The van der Waals surface area contributed by atoms with Crippen LogP contribution in [-0.4, -0.2) is 27.7 Å². The van der Waals surface area contributed by atoms with Crippen LogP contribution in [0.4, 0.5) is 5.69 Å². The number of nitriles is 1. The van der Waals surface area contributed by atoms with Gasteiger partial charge in [0.15, 0.2) is 0 Å². The van der Waals surface area contributed by atoms with Crippen LogP contribution in [0.2, 0.25) is 0 Å². The van der Waals surface area contributed by atoms with Crippen LogP contribution in [0, 0.1) is 24.2 Å². The third kappa shape index (κ3) is 3.35. The summed E-state index contributed by atoms with van der Waals surface area (Å²) >= 11 is 0. The van der Waals surface area contributed by atoms with Gasteiger partial charge in [-0.05, 0) is 25.8 Å². The largest absolute Gasteiger partial charge is 0.383 e. The Bertz CT molecular complexity index is 718. The summed E-state index contributed by atoms with van der Waals surface area (Å²) in [5, 5.41) is 12.6. The predicted molar refractivity (Wildman–Crippen MR) is 86.8 cm³/mol. The van der Waals surface area contributed by atoms with E-state index in [1.54, 1.807) is 12.4 Å². The van der Waals surface area contributed by atoms with Gasteiger partial charge < -0.3 is 14.6 Å². The first-order chi connectivity index (χ1) is 11.2. The number of nitrogens with one attached hydrogen (secondary N) is 1. The van der Waals surface area contributed by atoms with E-state index < -0.39 is 0 Å². The summed E-state index contributed by atoms with van der Waals surface area (Å²) in [7, 11) is 1.99. The molecule has 0 unspecified atom stereocenters. The molecule has 23 heavy (non-hydrogen) atoms. The SMILES string of the molecule is Cc1cc(NC[C@@H]2CCCO[C@H]2c2nccn2C)c(C#N)cn1. The number of nitrogens with zero attached hydrogens (tertiary/aromatic N) is 4. The van der Waals surface area contributed by atoms with Crippen molar-refractivity contribution in [2.45, 2.75) is 25.9 Å². The fourth-order valence-electron chi connectivity index (χ4n) is 3.03. The van der Waals surface area contributed by atoms with Crippen molar-refractivity contribution in [3.05, 3.63) is 41.7 Å². The number of hydrogen-bond donors (Lipinski definition) is 1. The average molecular weight is 311 g/mol. The Balaban J connectivity index is 1.75. The molecule has 6 heteroatoms. The predicted octanol–water partition coefficient (Wildman–Crippen LogP) is 2.58. The molecule has 0 aliphatic carbocycles. The lowest BCUT2D eigenvalue weighted by atomic mass is 9.93. The van der Waals surface area contributed by atoms with E-state index in [9.17, 15) is 5.26 Å². The van der Waals surface area contributed by atoms with Crippen LogP contribution >= 0.6 is 0 Å². The van der Waals surface area contributed by atoms with Gasteiger partial charge in [-0.25, -0.2) is 4.98 Å². The highest BCUT2D eigenvalue weighted by atomic mass is 16.5. The molecule has 0 radical (unpaired) electrons. The Morgan fingerprint density at radius 1 is 1.48 bits per heavy atom. The van der Waals surface area contributed by atoms with Crippen molar-refractivity contribution >= 4 is 5.69 Å². The Morgan fingerprint density at radius 3 is 3.09 bits per heavy atom. The fraction of sp³-hybridized carbons (Fsp3) is 0.471. The summed E-state index contributed by atoms with van der Waals surface area (Å²) in [6.07, 6.45) is 7.48. The maximum Gasteiger partial charge on any atom is 0.138 e. The van der Waals surface area contributed by atoms with Gasteiger partial charge >= 0.3 is 0 Å². The molecule has 120 valence electrons. The third-order valence-electron chi connectivity index (χ3n) is 4.27. The second-order valence-electron chi connectivity index (χ2n) is 5.95. The topological polar surface area (TPSA) is 75.8 Å². The Kier molecular flexibility index (Phi) is 4.58. The minimum atomic E-state index is -0.00952. The van der Waals surface area contributed by atoms with Gasteiger partial charge in [-0.15, -0.1) is 0 Å². The van der Waals surface area contributed by atoms with Gasteiger partial charge in [-0.2, -0.15) is 5.26 Å². The Hall–Kier alpha value is -2.39. The Labute approximate surface area is 136 Å². The summed E-state index contributed by atoms with van der Waals surface area (Å²) in [5.41, 5.74) is 2.30. The minimum Gasteiger partial charge on any atom is -0.383 e. The zero-order valence-electron chi connectivity index (χ0n) is 13.5. The molecule has 0 aromatic carbocycles. The molecule has 1 saturated heterocycles. The third-order valence-corrected chi connectivity index (χ3v) is 4.27. The highest BCUT2D eigenvalue weighted by Crippen LogP contribution is 2.33. The summed E-state index contributed by atoms with van der Waals surface area (Å²) < 4.78 is 8.00. The van der Waals surface area contributed by atoms with Crippen LogP contribution < -0.4 is 5.32 Å². The molecule has 0 amide bonds. The Morgan fingerprint density at radius 2 is 2.35 bits per heavy atom. The molecular weight excluding hydrogens is 290 g/mol. The lowest BCUT2D eigenvalue weighted by Crippen LogP contribution is -2.30. The van der Waals surface area contributed by atoms with E-state index in [1.807, 2.05) is 30.8 Å². The number of rotatable bonds is 4. The van der Waals surface area contributed by atoms with E-state index in [2.05, 4.69) is 21.4 Å². The molecule has 0 spiro atoms. The van der Waals surface area contributed by atoms with Crippen LogP contribution in [-0.2, 0) is 11.8 Å². The number of aryl methyl sites for hydroxylation is 2. The maximum atomic E-state index is 9.22. The molecule has 2 aromatic heterocycles. The van der Waals surface area contributed by atoms with Crippen LogP contribution in [0.15, 0.2) is 24.7 Å². The van der Waals surface area contributed by atoms with Gasteiger partial charge in [0, 0.05) is 50.4 Å². The van der Waals surface area contributed by atoms with Gasteiger partial charge in [-0.3, -0.25) is 4.98 Å². The van der Waals surface area contributed by atoms with E-state index >= 15 is 0 Å². The first kappa shape index (κ1) is 15.5. The molecule has 2 atom stereocenters. The van der Waals surface area contributed by atoms with Crippen molar-refractivity contribution in [2.75, 3.05) is 18.5 Å². The normalized spacial score (nSPS) is 20.9. The lowest BCUT2D eigenvalue weighted by Gasteiger charge is -2.31. The summed E-state index contributed by atoms with van der Waals surface area (Å²) in [5.74, 6) is 1.28. The molecule has 1 aliphatic rings. The van der Waals surface area contributed by atoms with Crippen molar-refractivity contribution in [3.63, 3.8) is 0 Å². The van der Waals surface area contributed by atoms with Gasteiger partial charge in [0.25, 0.3) is 0 Å². The molecule has 0 saturated carbocycles. The lowest BCUT2D eigenvalue weighted by molar-refractivity contribution is -0.0304. The van der Waals surface area contributed by atoms with E-state index in [4.69, 9.17) is 4.74 Å². The number of anilines is 1. The molecule has 1 aliphatic heterocycles. The molecule has 1 N–H and O–H groups in total. The average Bonchev–Trinajstić information content (AvgIpc) is 2.99. The molecule has 0 bridgehead atoms. The van der Waals surface area contributed by atoms with Crippen molar-refractivity contribution in [3.8, 4) is 6.07 Å². The van der Waals surface area contributed by atoms with Gasteiger partial charge in [0.1, 0.15) is 18.0 Å². The van der Waals surface area contributed by atoms with Gasteiger partial charge in [0.05, 0.1) is 11.3 Å². The van der Waals surface area contributed by atoms with Gasteiger partial charge in [0.2, 0.25) is 0 Å². The van der Waals surface area contributed by atoms with Crippen LogP contribution in [0.3, 0.4) is 0 Å². The molecule has 3 rings (SSSR count). The van der Waals surface area contributed by atoms with Crippen LogP contribution in [0.5, 0.6) is 0 Å². The zero-order valence-corrected chi connectivity index (χ0v) is 13.5. The first-order valence-electron chi connectivity index (χ1n) is 7.88. The molecule has 6 nitrogen and oxygen atoms in total.